The summed E-state index contributed by atoms with van der Waals surface area (Å²) < 4.78 is 0. The third-order valence-corrected chi connectivity index (χ3v) is 5.25. The van der Waals surface area contributed by atoms with Gasteiger partial charge in [-0.15, -0.1) is 0 Å². The molecule has 0 radical (unpaired) electrons. The van der Waals surface area contributed by atoms with Crippen LogP contribution in [0, 0.1) is 5.92 Å². The van der Waals surface area contributed by atoms with Crippen molar-refractivity contribution in [1.29, 1.82) is 0 Å². The van der Waals surface area contributed by atoms with E-state index in [1.807, 2.05) is 0 Å². The average molecular weight is 286 g/mol. The summed E-state index contributed by atoms with van der Waals surface area (Å²) in [5.74, 6) is 0.702. The third kappa shape index (κ3) is 3.04. The SMILES string of the molecule is CCCCC1CCc2ccc3c(c2N1)NC(C(C)C)CC3. The highest BCUT2D eigenvalue weighted by Gasteiger charge is 2.26. The van der Waals surface area contributed by atoms with Crippen molar-refractivity contribution in [2.24, 2.45) is 5.92 Å². The Bertz CT molecular complexity index is 493. The molecule has 0 aromatic heterocycles. The molecule has 2 aliphatic heterocycles. The third-order valence-electron chi connectivity index (χ3n) is 5.25. The van der Waals surface area contributed by atoms with Gasteiger partial charge in [0.05, 0.1) is 11.4 Å². The van der Waals surface area contributed by atoms with Crippen molar-refractivity contribution in [3.8, 4) is 0 Å². The van der Waals surface area contributed by atoms with Crippen LogP contribution in [0.1, 0.15) is 64.0 Å². The van der Waals surface area contributed by atoms with Gasteiger partial charge in [0.1, 0.15) is 0 Å². The minimum atomic E-state index is 0.627. The van der Waals surface area contributed by atoms with E-state index in [4.69, 9.17) is 0 Å². The molecular weight excluding hydrogens is 256 g/mol. The maximum atomic E-state index is 3.86. The van der Waals surface area contributed by atoms with Crippen LogP contribution in [0.15, 0.2) is 12.1 Å². The van der Waals surface area contributed by atoms with Crippen molar-refractivity contribution in [3.05, 3.63) is 23.3 Å². The molecule has 2 heteroatoms. The second-order valence-electron chi connectivity index (χ2n) is 7.19. The first-order valence-corrected chi connectivity index (χ1v) is 8.87. The summed E-state index contributed by atoms with van der Waals surface area (Å²) in [6.45, 7) is 6.94. The fourth-order valence-corrected chi connectivity index (χ4v) is 3.78. The monoisotopic (exact) mass is 286 g/mol. The van der Waals surface area contributed by atoms with E-state index in [1.54, 1.807) is 0 Å². The lowest BCUT2D eigenvalue weighted by Gasteiger charge is -2.36. The smallest absolute Gasteiger partial charge is 0.0613 e. The second-order valence-corrected chi connectivity index (χ2v) is 7.19. The molecule has 2 N–H and O–H groups in total. The van der Waals surface area contributed by atoms with Crippen LogP contribution in [-0.4, -0.2) is 12.1 Å². The Balaban J connectivity index is 1.84. The molecule has 0 saturated carbocycles. The lowest BCUT2D eigenvalue weighted by Crippen LogP contribution is -2.33. The number of nitrogens with one attached hydrogen (secondary N) is 2. The van der Waals surface area contributed by atoms with Crippen molar-refractivity contribution in [2.45, 2.75) is 77.8 Å². The zero-order valence-corrected chi connectivity index (χ0v) is 13.8. The van der Waals surface area contributed by atoms with Crippen LogP contribution in [0.3, 0.4) is 0 Å². The summed E-state index contributed by atoms with van der Waals surface area (Å²) in [7, 11) is 0. The summed E-state index contributed by atoms with van der Waals surface area (Å²) in [5, 5.41) is 7.70. The van der Waals surface area contributed by atoms with Crippen molar-refractivity contribution < 1.29 is 0 Å². The Hall–Kier alpha value is -1.18. The number of aryl methyl sites for hydroxylation is 2. The molecule has 116 valence electrons. The molecule has 2 atom stereocenters. The maximum absolute atomic E-state index is 3.86. The van der Waals surface area contributed by atoms with Gasteiger partial charge in [0.25, 0.3) is 0 Å². The van der Waals surface area contributed by atoms with Gasteiger partial charge >= 0.3 is 0 Å². The molecule has 0 amide bonds. The van der Waals surface area contributed by atoms with Crippen LogP contribution in [0.4, 0.5) is 11.4 Å². The molecule has 3 rings (SSSR count). The highest BCUT2D eigenvalue weighted by molar-refractivity contribution is 5.78. The van der Waals surface area contributed by atoms with E-state index in [2.05, 4.69) is 43.5 Å². The number of hydrogen-bond acceptors (Lipinski definition) is 2. The Morgan fingerprint density at radius 1 is 1.05 bits per heavy atom. The number of rotatable bonds is 4. The molecule has 0 fully saturated rings. The molecule has 2 unspecified atom stereocenters. The summed E-state index contributed by atoms with van der Waals surface area (Å²) in [5.41, 5.74) is 5.86. The zero-order chi connectivity index (χ0) is 14.8. The van der Waals surface area contributed by atoms with Gasteiger partial charge in [-0.3, -0.25) is 0 Å². The predicted molar refractivity (Wildman–Crippen MR) is 92.3 cm³/mol. The molecule has 0 saturated heterocycles. The highest BCUT2D eigenvalue weighted by atomic mass is 15.0. The van der Waals surface area contributed by atoms with Gasteiger partial charge in [0.15, 0.2) is 0 Å². The molecular formula is C19H30N2. The first kappa shape index (κ1) is 14.7. The largest absolute Gasteiger partial charge is 0.380 e. The molecule has 2 heterocycles. The van der Waals surface area contributed by atoms with E-state index in [0.717, 1.165) is 0 Å². The van der Waals surface area contributed by atoms with E-state index in [1.165, 1.54) is 67.4 Å². The molecule has 0 spiro atoms. The molecule has 0 aliphatic carbocycles. The summed E-state index contributed by atoms with van der Waals surface area (Å²) in [6.07, 6.45) is 8.96. The van der Waals surface area contributed by atoms with Crippen LogP contribution in [0.25, 0.3) is 0 Å². The van der Waals surface area contributed by atoms with Crippen LogP contribution >= 0.6 is 0 Å². The van der Waals surface area contributed by atoms with Gasteiger partial charge in [-0.1, -0.05) is 45.7 Å². The summed E-state index contributed by atoms with van der Waals surface area (Å²) in [6, 6.07) is 6.01. The lowest BCUT2D eigenvalue weighted by molar-refractivity contribution is 0.482. The number of unbranched alkanes of at least 4 members (excludes halogenated alkanes) is 1. The number of benzene rings is 1. The molecule has 1 aromatic carbocycles. The quantitative estimate of drug-likeness (QED) is 0.815. The Labute approximate surface area is 129 Å². The number of fused-ring (bicyclic) bond motifs is 3. The van der Waals surface area contributed by atoms with Crippen LogP contribution in [0.5, 0.6) is 0 Å². The average Bonchev–Trinajstić information content (AvgIpc) is 2.52. The van der Waals surface area contributed by atoms with E-state index in [0.29, 0.717) is 18.0 Å². The topological polar surface area (TPSA) is 24.1 Å². The normalized spacial score (nSPS) is 24.0. The van der Waals surface area contributed by atoms with Gasteiger partial charge in [0.2, 0.25) is 0 Å². The first-order valence-electron chi connectivity index (χ1n) is 8.87. The zero-order valence-electron chi connectivity index (χ0n) is 13.8. The van der Waals surface area contributed by atoms with E-state index in [-0.39, 0.29) is 0 Å². The molecule has 21 heavy (non-hydrogen) atoms. The molecule has 2 nitrogen and oxygen atoms in total. The van der Waals surface area contributed by atoms with Crippen LogP contribution < -0.4 is 10.6 Å². The van der Waals surface area contributed by atoms with Gasteiger partial charge in [-0.2, -0.15) is 0 Å². The van der Waals surface area contributed by atoms with Crippen molar-refractivity contribution in [1.82, 2.24) is 0 Å². The van der Waals surface area contributed by atoms with Crippen LogP contribution in [-0.2, 0) is 12.8 Å². The summed E-state index contributed by atoms with van der Waals surface area (Å²) >= 11 is 0. The lowest BCUT2D eigenvalue weighted by atomic mass is 9.87. The van der Waals surface area contributed by atoms with Crippen molar-refractivity contribution in [2.75, 3.05) is 10.6 Å². The first-order chi connectivity index (χ1) is 10.2. The van der Waals surface area contributed by atoms with E-state index >= 15 is 0 Å². The van der Waals surface area contributed by atoms with Gasteiger partial charge < -0.3 is 10.6 Å². The Morgan fingerprint density at radius 3 is 2.38 bits per heavy atom. The minimum Gasteiger partial charge on any atom is -0.380 e. The summed E-state index contributed by atoms with van der Waals surface area (Å²) in [4.78, 5) is 0. The predicted octanol–water partition coefficient (Wildman–Crippen LogP) is 4.99. The van der Waals surface area contributed by atoms with Crippen molar-refractivity contribution >= 4 is 11.4 Å². The fourth-order valence-electron chi connectivity index (χ4n) is 3.78. The Kier molecular flexibility index (Phi) is 4.42. The highest BCUT2D eigenvalue weighted by Crippen LogP contribution is 2.40. The molecule has 2 aliphatic rings. The van der Waals surface area contributed by atoms with E-state index < -0.39 is 0 Å². The van der Waals surface area contributed by atoms with Gasteiger partial charge in [-0.25, -0.2) is 0 Å². The van der Waals surface area contributed by atoms with Gasteiger partial charge in [0, 0.05) is 12.1 Å². The second kappa shape index (κ2) is 6.29. The molecule has 0 bridgehead atoms. The number of hydrogen-bond donors (Lipinski definition) is 2. The minimum absolute atomic E-state index is 0.627. The van der Waals surface area contributed by atoms with Crippen molar-refractivity contribution in [3.63, 3.8) is 0 Å². The molecule has 1 aromatic rings. The van der Waals surface area contributed by atoms with E-state index in [9.17, 15) is 0 Å². The number of anilines is 2. The fraction of sp³-hybridized carbons (Fsp3) is 0.684. The van der Waals surface area contributed by atoms with Crippen LogP contribution in [0.2, 0.25) is 0 Å². The standard InChI is InChI=1S/C19H30N2/c1-4-5-6-16-11-9-14-7-8-15-10-12-17(13(2)3)21-19(15)18(14)20-16/h7-8,13,16-17,20-21H,4-6,9-12H2,1-3H3. The Morgan fingerprint density at radius 2 is 1.71 bits per heavy atom. The maximum Gasteiger partial charge on any atom is 0.0613 e. The van der Waals surface area contributed by atoms with Gasteiger partial charge in [-0.05, 0) is 49.1 Å².